The van der Waals surface area contributed by atoms with Crippen LogP contribution in [0.1, 0.15) is 12.5 Å². The molecule has 4 heteroatoms. The van der Waals surface area contributed by atoms with Crippen LogP contribution in [0.5, 0.6) is 0 Å². The fraction of sp³-hybridized carbons (Fsp3) is 0.438. The number of benzene rings is 1. The van der Waals surface area contributed by atoms with E-state index in [1.54, 1.807) is 6.08 Å². The molecule has 0 atom stereocenters. The number of hydrogen-bond acceptors (Lipinski definition) is 3. The molecule has 0 aliphatic heterocycles. The van der Waals surface area contributed by atoms with E-state index in [1.165, 1.54) is 0 Å². The third kappa shape index (κ3) is 5.05. The standard InChI is InChI=1S/C16H25N3O/c1-5-11-17-12-16(20)19(6-2)13-14-7-9-15(10-8-14)18(3)4/h5,7-10,17H,1,6,11-13H2,2-4H3. The minimum atomic E-state index is 0.117. The molecule has 0 bridgehead atoms. The molecule has 0 fully saturated rings. The summed E-state index contributed by atoms with van der Waals surface area (Å²) < 4.78 is 0. The van der Waals surface area contributed by atoms with Crippen LogP contribution in [-0.4, -0.2) is 44.5 Å². The highest BCUT2D eigenvalue weighted by molar-refractivity contribution is 5.78. The summed E-state index contributed by atoms with van der Waals surface area (Å²) in [6.07, 6.45) is 1.75. The Bertz CT molecular complexity index is 426. The lowest BCUT2D eigenvalue weighted by Gasteiger charge is -2.21. The van der Waals surface area contributed by atoms with Crippen LogP contribution in [-0.2, 0) is 11.3 Å². The van der Waals surface area contributed by atoms with Crippen molar-refractivity contribution in [3.05, 3.63) is 42.5 Å². The molecule has 20 heavy (non-hydrogen) atoms. The lowest BCUT2D eigenvalue weighted by molar-refractivity contribution is -0.130. The first kappa shape index (κ1) is 16.2. The molecular weight excluding hydrogens is 250 g/mol. The van der Waals surface area contributed by atoms with E-state index in [1.807, 2.05) is 25.9 Å². The van der Waals surface area contributed by atoms with E-state index >= 15 is 0 Å². The molecule has 0 spiro atoms. The van der Waals surface area contributed by atoms with Crippen LogP contribution in [0.3, 0.4) is 0 Å². The van der Waals surface area contributed by atoms with Crippen LogP contribution >= 0.6 is 0 Å². The lowest BCUT2D eigenvalue weighted by Crippen LogP contribution is -2.37. The number of likely N-dealkylation sites (N-methyl/N-ethyl adjacent to an activating group) is 1. The monoisotopic (exact) mass is 275 g/mol. The number of nitrogens with one attached hydrogen (secondary N) is 1. The number of hydrogen-bond donors (Lipinski definition) is 1. The Hall–Kier alpha value is -1.81. The number of amides is 1. The molecule has 110 valence electrons. The Morgan fingerprint density at radius 3 is 2.45 bits per heavy atom. The Morgan fingerprint density at radius 2 is 1.95 bits per heavy atom. The third-order valence-corrected chi connectivity index (χ3v) is 3.13. The molecule has 1 rings (SSSR count). The fourth-order valence-corrected chi connectivity index (χ4v) is 1.89. The van der Waals surface area contributed by atoms with Crippen molar-refractivity contribution in [1.29, 1.82) is 0 Å². The molecule has 0 saturated carbocycles. The first-order chi connectivity index (χ1) is 9.58. The second kappa shape index (κ2) is 8.38. The van der Waals surface area contributed by atoms with E-state index in [-0.39, 0.29) is 5.91 Å². The van der Waals surface area contributed by atoms with Gasteiger partial charge in [0.05, 0.1) is 6.54 Å². The largest absolute Gasteiger partial charge is 0.378 e. The van der Waals surface area contributed by atoms with E-state index in [2.05, 4.69) is 41.1 Å². The van der Waals surface area contributed by atoms with Crippen LogP contribution < -0.4 is 10.2 Å². The van der Waals surface area contributed by atoms with Gasteiger partial charge in [0.2, 0.25) is 5.91 Å². The highest BCUT2D eigenvalue weighted by Gasteiger charge is 2.11. The third-order valence-electron chi connectivity index (χ3n) is 3.13. The summed E-state index contributed by atoms with van der Waals surface area (Å²) in [6.45, 7) is 8.00. The zero-order valence-electron chi connectivity index (χ0n) is 12.7. The summed E-state index contributed by atoms with van der Waals surface area (Å²) >= 11 is 0. The SMILES string of the molecule is C=CCNCC(=O)N(CC)Cc1ccc(N(C)C)cc1. The molecule has 1 aromatic rings. The summed E-state index contributed by atoms with van der Waals surface area (Å²) in [5, 5.41) is 3.04. The summed E-state index contributed by atoms with van der Waals surface area (Å²) in [4.78, 5) is 16.0. The van der Waals surface area contributed by atoms with Crippen molar-refractivity contribution < 1.29 is 4.79 Å². The maximum atomic E-state index is 12.0. The van der Waals surface area contributed by atoms with Gasteiger partial charge in [-0.1, -0.05) is 18.2 Å². The molecule has 0 radical (unpaired) electrons. The van der Waals surface area contributed by atoms with Gasteiger partial charge in [0.25, 0.3) is 0 Å². The van der Waals surface area contributed by atoms with E-state index in [0.717, 1.165) is 11.3 Å². The number of nitrogens with zero attached hydrogens (tertiary/aromatic N) is 2. The Labute approximate surface area is 122 Å². The first-order valence-corrected chi connectivity index (χ1v) is 6.94. The zero-order chi connectivity index (χ0) is 15.0. The van der Waals surface area contributed by atoms with E-state index < -0.39 is 0 Å². The van der Waals surface area contributed by atoms with Gasteiger partial charge >= 0.3 is 0 Å². The summed E-state index contributed by atoms with van der Waals surface area (Å²) in [7, 11) is 4.03. The second-order valence-electron chi connectivity index (χ2n) is 4.89. The Balaban J connectivity index is 2.58. The average Bonchev–Trinajstić information content (AvgIpc) is 2.45. The lowest BCUT2D eigenvalue weighted by atomic mass is 10.2. The maximum Gasteiger partial charge on any atom is 0.236 e. The smallest absolute Gasteiger partial charge is 0.236 e. The summed E-state index contributed by atoms with van der Waals surface area (Å²) in [5.41, 5.74) is 2.31. The molecule has 1 aromatic carbocycles. The van der Waals surface area contributed by atoms with Gasteiger partial charge in [0, 0.05) is 39.4 Å². The normalized spacial score (nSPS) is 10.2. The quantitative estimate of drug-likeness (QED) is 0.581. The summed E-state index contributed by atoms with van der Waals surface area (Å²) in [6, 6.07) is 8.29. The first-order valence-electron chi connectivity index (χ1n) is 6.94. The molecule has 0 unspecified atom stereocenters. The van der Waals surface area contributed by atoms with Crippen molar-refractivity contribution >= 4 is 11.6 Å². The molecule has 1 N–H and O–H groups in total. The fourth-order valence-electron chi connectivity index (χ4n) is 1.89. The van der Waals surface area contributed by atoms with Crippen molar-refractivity contribution in [1.82, 2.24) is 10.2 Å². The molecule has 0 heterocycles. The van der Waals surface area contributed by atoms with E-state index in [0.29, 0.717) is 26.2 Å². The van der Waals surface area contributed by atoms with Crippen molar-refractivity contribution in [3.8, 4) is 0 Å². The van der Waals surface area contributed by atoms with Gasteiger partial charge in [-0.2, -0.15) is 0 Å². The van der Waals surface area contributed by atoms with Gasteiger partial charge in [-0.3, -0.25) is 4.79 Å². The van der Waals surface area contributed by atoms with Crippen molar-refractivity contribution in [2.75, 3.05) is 38.6 Å². The maximum absolute atomic E-state index is 12.0. The zero-order valence-corrected chi connectivity index (χ0v) is 12.7. The number of carbonyl (C=O) groups is 1. The van der Waals surface area contributed by atoms with Gasteiger partial charge in [-0.05, 0) is 24.6 Å². The number of anilines is 1. The Morgan fingerprint density at radius 1 is 1.30 bits per heavy atom. The van der Waals surface area contributed by atoms with Gasteiger partial charge in [0.15, 0.2) is 0 Å². The van der Waals surface area contributed by atoms with Gasteiger partial charge in [-0.25, -0.2) is 0 Å². The predicted molar refractivity (Wildman–Crippen MR) is 84.9 cm³/mol. The van der Waals surface area contributed by atoms with Crippen molar-refractivity contribution in [3.63, 3.8) is 0 Å². The molecule has 0 aliphatic carbocycles. The van der Waals surface area contributed by atoms with Gasteiger partial charge < -0.3 is 15.1 Å². The Kier molecular flexibility index (Phi) is 6.81. The number of carbonyl (C=O) groups excluding carboxylic acids is 1. The van der Waals surface area contributed by atoms with Crippen molar-refractivity contribution in [2.45, 2.75) is 13.5 Å². The molecule has 1 amide bonds. The van der Waals surface area contributed by atoms with E-state index in [9.17, 15) is 4.79 Å². The van der Waals surface area contributed by atoms with Crippen LogP contribution in [0.4, 0.5) is 5.69 Å². The average molecular weight is 275 g/mol. The number of rotatable bonds is 8. The van der Waals surface area contributed by atoms with Crippen LogP contribution in [0, 0.1) is 0 Å². The second-order valence-corrected chi connectivity index (χ2v) is 4.89. The van der Waals surface area contributed by atoms with Crippen LogP contribution in [0.15, 0.2) is 36.9 Å². The molecule has 0 aromatic heterocycles. The van der Waals surface area contributed by atoms with Gasteiger partial charge in [-0.15, -0.1) is 6.58 Å². The molecule has 0 saturated heterocycles. The highest BCUT2D eigenvalue weighted by atomic mass is 16.2. The van der Waals surface area contributed by atoms with Crippen LogP contribution in [0.2, 0.25) is 0 Å². The molecule has 0 aliphatic rings. The summed E-state index contributed by atoms with van der Waals surface area (Å²) in [5.74, 6) is 0.117. The predicted octanol–water partition coefficient (Wildman–Crippen LogP) is 1.88. The van der Waals surface area contributed by atoms with E-state index in [4.69, 9.17) is 0 Å². The minimum absolute atomic E-state index is 0.117. The molecular formula is C16H25N3O. The van der Waals surface area contributed by atoms with Crippen molar-refractivity contribution in [2.24, 2.45) is 0 Å². The van der Waals surface area contributed by atoms with Gasteiger partial charge in [0.1, 0.15) is 0 Å². The minimum Gasteiger partial charge on any atom is -0.378 e. The topological polar surface area (TPSA) is 35.6 Å². The van der Waals surface area contributed by atoms with Crippen LogP contribution in [0.25, 0.3) is 0 Å². The molecule has 4 nitrogen and oxygen atoms in total. The highest BCUT2D eigenvalue weighted by Crippen LogP contribution is 2.13.